The molecule has 0 saturated heterocycles. The smallest absolute Gasteiger partial charge is 0.237 e. The molecule has 0 spiro atoms. The van der Waals surface area contributed by atoms with Gasteiger partial charge in [0.15, 0.2) is 5.13 Å². The molecule has 3 N–H and O–H groups in total. The largest absolute Gasteiger partial charge is 0.480 e. The third kappa shape index (κ3) is 1.89. The van der Waals surface area contributed by atoms with Crippen LogP contribution >= 0.6 is 11.3 Å². The minimum atomic E-state index is -0.0116. The molecule has 0 aliphatic carbocycles. The first kappa shape index (κ1) is 9.79. The van der Waals surface area contributed by atoms with Crippen LogP contribution in [0.2, 0.25) is 0 Å². The summed E-state index contributed by atoms with van der Waals surface area (Å²) < 4.78 is 4.99. The first-order chi connectivity index (χ1) is 6.06. The summed E-state index contributed by atoms with van der Waals surface area (Å²) in [5, 5.41) is 8.06. The van der Waals surface area contributed by atoms with Crippen LogP contribution < -0.4 is 15.4 Å². The molecule has 5 nitrogen and oxygen atoms in total. The second kappa shape index (κ2) is 3.61. The number of aromatic nitrogens is 1. The summed E-state index contributed by atoms with van der Waals surface area (Å²) >= 11 is 1.34. The highest BCUT2D eigenvalue weighted by atomic mass is 32.1. The number of nitrogens with two attached hydrogens (primary N) is 1. The van der Waals surface area contributed by atoms with Crippen molar-refractivity contribution in [2.24, 2.45) is 5.73 Å². The van der Waals surface area contributed by atoms with Crippen LogP contribution in [0, 0.1) is 5.41 Å². The topological polar surface area (TPSA) is 75.2 Å². The lowest BCUT2D eigenvalue weighted by atomic mass is 10.5. The Hall–Kier alpha value is -1.30. The Morgan fingerprint density at radius 3 is 2.54 bits per heavy atom. The van der Waals surface area contributed by atoms with Crippen molar-refractivity contribution >= 4 is 22.3 Å². The van der Waals surface area contributed by atoms with E-state index in [0.29, 0.717) is 10.8 Å². The number of amidine groups is 1. The van der Waals surface area contributed by atoms with Crippen LogP contribution in [0.3, 0.4) is 0 Å². The molecule has 0 atom stereocenters. The molecule has 0 saturated carbocycles. The lowest BCUT2D eigenvalue weighted by Gasteiger charge is -2.04. The Balaban J connectivity index is 3.11. The fraction of sp³-hybridized carbons (Fsp3) is 0.429. The van der Waals surface area contributed by atoms with E-state index in [-0.39, 0.29) is 5.84 Å². The molecule has 0 aromatic carbocycles. The van der Waals surface area contributed by atoms with E-state index in [1.807, 2.05) is 19.0 Å². The van der Waals surface area contributed by atoms with Gasteiger partial charge in [-0.05, 0) is 0 Å². The zero-order chi connectivity index (χ0) is 10.0. The number of nitrogen functional groups attached to an aromatic ring is 1. The molecule has 6 heteroatoms. The Kier molecular flexibility index (Phi) is 2.72. The SMILES string of the molecule is COc1nc(N(C)C)sc1C(=N)N. The van der Waals surface area contributed by atoms with Crippen molar-refractivity contribution in [3.63, 3.8) is 0 Å². The molecule has 0 aliphatic heterocycles. The summed E-state index contributed by atoms with van der Waals surface area (Å²) in [6, 6.07) is 0. The van der Waals surface area contributed by atoms with Crippen LogP contribution in [-0.4, -0.2) is 32.0 Å². The van der Waals surface area contributed by atoms with Crippen molar-refractivity contribution in [3.05, 3.63) is 4.88 Å². The number of methoxy groups -OCH3 is 1. The summed E-state index contributed by atoms with van der Waals surface area (Å²) in [5.74, 6) is 0.406. The summed E-state index contributed by atoms with van der Waals surface area (Å²) in [5.41, 5.74) is 5.36. The Bertz CT molecular complexity index is 320. The number of hydrogen-bond donors (Lipinski definition) is 2. The average Bonchev–Trinajstić information content (AvgIpc) is 2.47. The molecule has 0 bridgehead atoms. The van der Waals surface area contributed by atoms with Gasteiger partial charge in [0.05, 0.1) is 7.11 Å². The fourth-order valence-corrected chi connectivity index (χ4v) is 1.62. The van der Waals surface area contributed by atoms with E-state index in [1.54, 1.807) is 0 Å². The third-order valence-electron chi connectivity index (χ3n) is 1.41. The fourth-order valence-electron chi connectivity index (χ4n) is 0.795. The summed E-state index contributed by atoms with van der Waals surface area (Å²) in [6.07, 6.45) is 0. The van der Waals surface area contributed by atoms with Crippen molar-refractivity contribution in [1.82, 2.24) is 4.98 Å². The molecule has 1 rings (SSSR count). The van der Waals surface area contributed by atoms with Gasteiger partial charge in [0, 0.05) is 14.1 Å². The second-order valence-electron chi connectivity index (χ2n) is 2.64. The first-order valence-corrected chi connectivity index (χ1v) is 4.44. The van der Waals surface area contributed by atoms with E-state index in [4.69, 9.17) is 15.9 Å². The van der Waals surface area contributed by atoms with E-state index < -0.39 is 0 Å². The maximum absolute atomic E-state index is 7.28. The molecule has 0 radical (unpaired) electrons. The van der Waals surface area contributed by atoms with E-state index in [1.165, 1.54) is 18.4 Å². The van der Waals surface area contributed by atoms with E-state index >= 15 is 0 Å². The van der Waals surface area contributed by atoms with Gasteiger partial charge in [-0.3, -0.25) is 5.41 Å². The van der Waals surface area contributed by atoms with E-state index in [2.05, 4.69) is 4.98 Å². The number of thiazole rings is 1. The van der Waals surface area contributed by atoms with Gasteiger partial charge in [0.1, 0.15) is 10.7 Å². The van der Waals surface area contributed by atoms with Gasteiger partial charge in [0.2, 0.25) is 5.88 Å². The minimum absolute atomic E-state index is 0.0116. The lowest BCUT2D eigenvalue weighted by molar-refractivity contribution is 0.400. The van der Waals surface area contributed by atoms with Crippen LogP contribution in [-0.2, 0) is 0 Å². The Morgan fingerprint density at radius 2 is 2.23 bits per heavy atom. The summed E-state index contributed by atoms with van der Waals surface area (Å²) in [7, 11) is 5.27. The van der Waals surface area contributed by atoms with E-state index in [0.717, 1.165) is 5.13 Å². The number of rotatable bonds is 3. The maximum Gasteiger partial charge on any atom is 0.237 e. The van der Waals surface area contributed by atoms with E-state index in [9.17, 15) is 0 Å². The predicted octanol–water partition coefficient (Wildman–Crippen LogP) is 0.502. The Labute approximate surface area is 80.6 Å². The summed E-state index contributed by atoms with van der Waals surface area (Å²) in [6.45, 7) is 0. The molecule has 0 unspecified atom stereocenters. The number of hydrogen-bond acceptors (Lipinski definition) is 5. The normalized spacial score (nSPS) is 9.77. The van der Waals surface area contributed by atoms with Gasteiger partial charge >= 0.3 is 0 Å². The molecular weight excluding hydrogens is 188 g/mol. The molecule has 0 fully saturated rings. The van der Waals surface area contributed by atoms with Gasteiger partial charge in [-0.15, -0.1) is 0 Å². The van der Waals surface area contributed by atoms with Crippen LogP contribution in [0.5, 0.6) is 5.88 Å². The molecular formula is C7H12N4OS. The monoisotopic (exact) mass is 200 g/mol. The van der Waals surface area contributed by atoms with Gasteiger partial charge < -0.3 is 15.4 Å². The predicted molar refractivity (Wildman–Crippen MR) is 54.0 cm³/mol. The average molecular weight is 200 g/mol. The van der Waals surface area contributed by atoms with Crippen LogP contribution in [0.1, 0.15) is 4.88 Å². The zero-order valence-electron chi connectivity index (χ0n) is 7.79. The second-order valence-corrected chi connectivity index (χ2v) is 3.62. The first-order valence-electron chi connectivity index (χ1n) is 3.62. The standard InChI is InChI=1S/C7H12N4OS/c1-11(2)7-10-6(12-3)4(13-7)5(8)9/h1-3H3,(H3,8,9). The number of anilines is 1. The van der Waals surface area contributed by atoms with Gasteiger partial charge in [-0.1, -0.05) is 11.3 Å². The quantitative estimate of drug-likeness (QED) is 0.550. The zero-order valence-corrected chi connectivity index (χ0v) is 8.60. The van der Waals surface area contributed by atoms with Crippen molar-refractivity contribution in [2.45, 2.75) is 0 Å². The molecule has 1 heterocycles. The van der Waals surface area contributed by atoms with Crippen molar-refractivity contribution in [2.75, 3.05) is 26.1 Å². The van der Waals surface area contributed by atoms with Crippen molar-refractivity contribution in [3.8, 4) is 5.88 Å². The highest BCUT2D eigenvalue weighted by Gasteiger charge is 2.14. The molecule has 72 valence electrons. The van der Waals surface area contributed by atoms with Crippen LogP contribution in [0.4, 0.5) is 5.13 Å². The highest BCUT2D eigenvalue weighted by Crippen LogP contribution is 2.29. The van der Waals surface area contributed by atoms with Gasteiger partial charge in [-0.2, -0.15) is 4.98 Å². The molecule has 0 amide bonds. The number of nitrogens with zero attached hydrogens (tertiary/aromatic N) is 2. The van der Waals surface area contributed by atoms with Gasteiger partial charge in [0.25, 0.3) is 0 Å². The molecule has 0 aliphatic rings. The molecule has 1 aromatic rings. The minimum Gasteiger partial charge on any atom is -0.480 e. The van der Waals surface area contributed by atoms with Crippen molar-refractivity contribution < 1.29 is 4.74 Å². The third-order valence-corrected chi connectivity index (χ3v) is 2.64. The molecule has 1 aromatic heterocycles. The molecule has 13 heavy (non-hydrogen) atoms. The van der Waals surface area contributed by atoms with Crippen LogP contribution in [0.15, 0.2) is 0 Å². The number of ether oxygens (including phenoxy) is 1. The number of nitrogens with one attached hydrogen (secondary N) is 1. The van der Waals surface area contributed by atoms with Crippen LogP contribution in [0.25, 0.3) is 0 Å². The summed E-state index contributed by atoms with van der Waals surface area (Å²) in [4.78, 5) is 6.57. The van der Waals surface area contributed by atoms with Crippen molar-refractivity contribution in [1.29, 1.82) is 5.41 Å². The highest BCUT2D eigenvalue weighted by molar-refractivity contribution is 7.17. The van der Waals surface area contributed by atoms with Gasteiger partial charge in [-0.25, -0.2) is 0 Å². The lowest BCUT2D eigenvalue weighted by Crippen LogP contribution is -2.10. The Morgan fingerprint density at radius 1 is 1.62 bits per heavy atom. The maximum atomic E-state index is 7.28.